The predicted molar refractivity (Wildman–Crippen MR) is 85.7 cm³/mol. The van der Waals surface area contributed by atoms with Gasteiger partial charge in [0, 0.05) is 23.1 Å². The Hall–Kier alpha value is -2.48. The van der Waals surface area contributed by atoms with E-state index in [-0.39, 0.29) is 5.78 Å². The molecule has 3 aromatic rings. The lowest BCUT2D eigenvalue weighted by Crippen LogP contribution is -2.04. The lowest BCUT2D eigenvalue weighted by Gasteiger charge is -2.06. The van der Waals surface area contributed by atoms with Gasteiger partial charge in [-0.25, -0.2) is 0 Å². The summed E-state index contributed by atoms with van der Waals surface area (Å²) in [6.07, 6.45) is 0.442. The van der Waals surface area contributed by atoms with Crippen LogP contribution in [0.15, 0.2) is 54.6 Å². The molecule has 0 unspecified atom stereocenters. The number of pyridine rings is 1. The zero-order chi connectivity index (χ0) is 14.8. The molecule has 1 heterocycles. The number of carbonyl (C=O) groups is 1. The van der Waals surface area contributed by atoms with Crippen molar-refractivity contribution in [3.05, 3.63) is 77.0 Å². The summed E-state index contributed by atoms with van der Waals surface area (Å²) >= 11 is 0. The van der Waals surface area contributed by atoms with Crippen molar-refractivity contribution >= 4 is 16.7 Å². The number of ketones is 1. The first-order valence-corrected chi connectivity index (χ1v) is 7.08. The molecule has 0 aliphatic heterocycles. The number of fused-ring (bicyclic) bond motifs is 1. The number of benzene rings is 2. The summed E-state index contributed by atoms with van der Waals surface area (Å²) in [7, 11) is 0. The highest BCUT2D eigenvalue weighted by atomic mass is 16.1. The summed E-state index contributed by atoms with van der Waals surface area (Å²) in [5.74, 6) is 0.145. The highest BCUT2D eigenvalue weighted by Crippen LogP contribution is 2.17. The standard InChI is InChI=1S/C19H17NO/c1-13-5-3-4-6-15(13)12-19(21)17-9-10-18-16(11-17)8-7-14(2)20-18/h3-11H,12H2,1-2H3. The largest absolute Gasteiger partial charge is 0.294 e. The second kappa shape index (κ2) is 5.49. The minimum atomic E-state index is 0.145. The molecule has 2 aromatic carbocycles. The van der Waals surface area contributed by atoms with Gasteiger partial charge in [0.25, 0.3) is 0 Å². The average Bonchev–Trinajstić information content (AvgIpc) is 2.49. The maximum atomic E-state index is 12.5. The second-order valence-corrected chi connectivity index (χ2v) is 5.39. The number of nitrogens with zero attached hydrogens (tertiary/aromatic N) is 1. The van der Waals surface area contributed by atoms with Gasteiger partial charge >= 0.3 is 0 Å². The fourth-order valence-electron chi connectivity index (χ4n) is 2.48. The zero-order valence-corrected chi connectivity index (χ0v) is 12.3. The Balaban J connectivity index is 1.91. The van der Waals surface area contributed by atoms with E-state index in [2.05, 4.69) is 4.98 Å². The van der Waals surface area contributed by atoms with Crippen LogP contribution < -0.4 is 0 Å². The van der Waals surface area contributed by atoms with E-state index in [1.54, 1.807) is 0 Å². The van der Waals surface area contributed by atoms with Crippen molar-refractivity contribution in [2.45, 2.75) is 20.3 Å². The highest BCUT2D eigenvalue weighted by molar-refractivity contribution is 6.00. The second-order valence-electron chi connectivity index (χ2n) is 5.39. The maximum absolute atomic E-state index is 12.5. The summed E-state index contributed by atoms with van der Waals surface area (Å²) in [4.78, 5) is 16.9. The van der Waals surface area contributed by atoms with E-state index in [1.165, 1.54) is 0 Å². The van der Waals surface area contributed by atoms with Gasteiger partial charge in [0.15, 0.2) is 5.78 Å². The number of aryl methyl sites for hydroxylation is 2. The molecular weight excluding hydrogens is 258 g/mol. The topological polar surface area (TPSA) is 30.0 Å². The Kier molecular flexibility index (Phi) is 3.53. The molecule has 0 saturated heterocycles. The number of aromatic nitrogens is 1. The van der Waals surface area contributed by atoms with Crippen molar-refractivity contribution < 1.29 is 4.79 Å². The number of Topliss-reactive ketones (excluding diaryl/α,β-unsaturated/α-hetero) is 1. The number of rotatable bonds is 3. The van der Waals surface area contributed by atoms with Crippen molar-refractivity contribution in [2.75, 3.05) is 0 Å². The monoisotopic (exact) mass is 275 g/mol. The van der Waals surface area contributed by atoms with Crippen LogP contribution in [-0.2, 0) is 6.42 Å². The first-order valence-electron chi connectivity index (χ1n) is 7.08. The van der Waals surface area contributed by atoms with Crippen LogP contribution in [0.4, 0.5) is 0 Å². The first-order chi connectivity index (χ1) is 10.1. The van der Waals surface area contributed by atoms with E-state index in [0.717, 1.165) is 33.3 Å². The minimum absolute atomic E-state index is 0.145. The molecule has 0 fully saturated rings. The molecular formula is C19H17NO. The molecule has 0 N–H and O–H groups in total. The van der Waals surface area contributed by atoms with Crippen LogP contribution in [0, 0.1) is 13.8 Å². The van der Waals surface area contributed by atoms with E-state index in [1.807, 2.05) is 68.4 Å². The Labute approximate surface area is 124 Å². The summed E-state index contributed by atoms with van der Waals surface area (Å²) in [6, 6.07) is 17.7. The minimum Gasteiger partial charge on any atom is -0.294 e. The van der Waals surface area contributed by atoms with Crippen LogP contribution in [0.2, 0.25) is 0 Å². The molecule has 0 aliphatic rings. The third-order valence-electron chi connectivity index (χ3n) is 3.76. The molecule has 0 saturated carbocycles. The maximum Gasteiger partial charge on any atom is 0.167 e. The van der Waals surface area contributed by atoms with Gasteiger partial charge in [0.1, 0.15) is 0 Å². The molecule has 0 spiro atoms. The zero-order valence-electron chi connectivity index (χ0n) is 12.3. The van der Waals surface area contributed by atoms with Gasteiger partial charge < -0.3 is 0 Å². The van der Waals surface area contributed by atoms with Crippen molar-refractivity contribution in [3.8, 4) is 0 Å². The van der Waals surface area contributed by atoms with Gasteiger partial charge in [0.2, 0.25) is 0 Å². The molecule has 2 nitrogen and oxygen atoms in total. The fraction of sp³-hybridized carbons (Fsp3) is 0.158. The van der Waals surface area contributed by atoms with Gasteiger partial charge in [-0.1, -0.05) is 30.3 Å². The van der Waals surface area contributed by atoms with Crippen molar-refractivity contribution in [2.24, 2.45) is 0 Å². The summed E-state index contributed by atoms with van der Waals surface area (Å²) < 4.78 is 0. The average molecular weight is 275 g/mol. The third-order valence-corrected chi connectivity index (χ3v) is 3.76. The van der Waals surface area contributed by atoms with Crippen LogP contribution >= 0.6 is 0 Å². The summed E-state index contributed by atoms with van der Waals surface area (Å²) in [5, 5.41) is 1.01. The van der Waals surface area contributed by atoms with Gasteiger partial charge in [-0.15, -0.1) is 0 Å². The molecule has 0 amide bonds. The van der Waals surface area contributed by atoms with E-state index in [4.69, 9.17) is 0 Å². The van der Waals surface area contributed by atoms with Gasteiger partial charge in [0.05, 0.1) is 5.52 Å². The van der Waals surface area contributed by atoms with E-state index < -0.39 is 0 Å². The molecule has 21 heavy (non-hydrogen) atoms. The molecule has 0 radical (unpaired) electrons. The van der Waals surface area contributed by atoms with Crippen molar-refractivity contribution in [1.82, 2.24) is 4.98 Å². The Bertz CT molecular complexity index is 821. The lowest BCUT2D eigenvalue weighted by molar-refractivity contribution is 0.0993. The van der Waals surface area contributed by atoms with Crippen LogP contribution in [-0.4, -0.2) is 10.8 Å². The highest BCUT2D eigenvalue weighted by Gasteiger charge is 2.09. The SMILES string of the molecule is Cc1ccc2cc(C(=O)Cc3ccccc3C)ccc2n1. The molecule has 3 rings (SSSR count). The quantitative estimate of drug-likeness (QED) is 0.668. The molecule has 104 valence electrons. The van der Waals surface area contributed by atoms with E-state index in [0.29, 0.717) is 6.42 Å². The summed E-state index contributed by atoms with van der Waals surface area (Å²) in [6.45, 7) is 4.01. The van der Waals surface area contributed by atoms with Gasteiger partial charge in [-0.05, 0) is 49.2 Å². The Morgan fingerprint density at radius 1 is 1.00 bits per heavy atom. The lowest BCUT2D eigenvalue weighted by atomic mass is 9.98. The van der Waals surface area contributed by atoms with Crippen LogP contribution in [0.1, 0.15) is 27.2 Å². The van der Waals surface area contributed by atoms with Crippen molar-refractivity contribution in [3.63, 3.8) is 0 Å². The van der Waals surface area contributed by atoms with Crippen LogP contribution in [0.5, 0.6) is 0 Å². The van der Waals surface area contributed by atoms with Gasteiger partial charge in [-0.2, -0.15) is 0 Å². The van der Waals surface area contributed by atoms with E-state index in [9.17, 15) is 4.79 Å². The van der Waals surface area contributed by atoms with Crippen LogP contribution in [0.25, 0.3) is 10.9 Å². The molecule has 0 bridgehead atoms. The van der Waals surface area contributed by atoms with Crippen LogP contribution in [0.3, 0.4) is 0 Å². The van der Waals surface area contributed by atoms with E-state index >= 15 is 0 Å². The van der Waals surface area contributed by atoms with Gasteiger partial charge in [-0.3, -0.25) is 9.78 Å². The number of hydrogen-bond donors (Lipinski definition) is 0. The third kappa shape index (κ3) is 2.84. The molecule has 0 aliphatic carbocycles. The normalized spacial score (nSPS) is 10.8. The predicted octanol–water partition coefficient (Wildman–Crippen LogP) is 4.28. The number of carbonyl (C=O) groups excluding carboxylic acids is 1. The fourth-order valence-corrected chi connectivity index (χ4v) is 2.48. The molecule has 2 heteroatoms. The summed E-state index contributed by atoms with van der Waals surface area (Å²) in [5.41, 5.74) is 4.91. The Morgan fingerprint density at radius 3 is 2.62 bits per heavy atom. The Morgan fingerprint density at radius 2 is 1.81 bits per heavy atom. The smallest absolute Gasteiger partial charge is 0.167 e. The molecule has 0 atom stereocenters. The molecule has 1 aromatic heterocycles. The number of hydrogen-bond acceptors (Lipinski definition) is 2. The first kappa shape index (κ1) is 13.5. The van der Waals surface area contributed by atoms with Crippen molar-refractivity contribution in [1.29, 1.82) is 0 Å².